The molecule has 0 aromatic heterocycles. The standard InChI is InChI=1S/C22H19F3O6/c23-17-7-14(1-4-20(17)26)29-10-13(11-30-15-2-5-21(27)18(24)8-15)12-31-16-3-6-22(28)19(25)9-16/h1-9,13,26-28H,10-12H2. The molecule has 164 valence electrons. The van der Waals surface area contributed by atoms with Crippen LogP contribution in [-0.4, -0.2) is 35.1 Å². The molecule has 0 aliphatic carbocycles. The molecular formula is C22H19F3O6. The van der Waals surface area contributed by atoms with Crippen LogP contribution in [0, 0.1) is 23.4 Å². The van der Waals surface area contributed by atoms with Crippen LogP contribution in [0.4, 0.5) is 13.2 Å². The maximum Gasteiger partial charge on any atom is 0.168 e. The second-order valence-corrected chi connectivity index (χ2v) is 6.64. The highest BCUT2D eigenvalue weighted by Gasteiger charge is 2.15. The highest BCUT2D eigenvalue weighted by molar-refractivity contribution is 5.33. The molecule has 0 radical (unpaired) electrons. The molecule has 3 N–H and O–H groups in total. The van der Waals surface area contributed by atoms with Crippen LogP contribution in [0.5, 0.6) is 34.5 Å². The molecule has 6 nitrogen and oxygen atoms in total. The van der Waals surface area contributed by atoms with Gasteiger partial charge in [0.25, 0.3) is 0 Å². The Morgan fingerprint density at radius 2 is 0.839 bits per heavy atom. The minimum Gasteiger partial charge on any atom is -0.505 e. The van der Waals surface area contributed by atoms with Crippen molar-refractivity contribution >= 4 is 0 Å². The van der Waals surface area contributed by atoms with Crippen LogP contribution >= 0.6 is 0 Å². The summed E-state index contributed by atoms with van der Waals surface area (Å²) in [6.45, 7) is -0.0258. The zero-order valence-corrected chi connectivity index (χ0v) is 16.1. The SMILES string of the molecule is Oc1ccc(OCC(COc2ccc(O)c(F)c2)COc2ccc(O)c(F)c2)cc1F. The van der Waals surface area contributed by atoms with Crippen LogP contribution in [-0.2, 0) is 0 Å². The first-order valence-corrected chi connectivity index (χ1v) is 9.16. The van der Waals surface area contributed by atoms with Crippen LogP contribution in [0.1, 0.15) is 0 Å². The monoisotopic (exact) mass is 436 g/mol. The molecule has 0 aliphatic rings. The van der Waals surface area contributed by atoms with E-state index in [1.165, 1.54) is 18.2 Å². The third kappa shape index (κ3) is 6.11. The fourth-order valence-electron chi connectivity index (χ4n) is 2.52. The largest absolute Gasteiger partial charge is 0.505 e. The molecule has 3 aromatic carbocycles. The van der Waals surface area contributed by atoms with Crippen molar-refractivity contribution < 1.29 is 42.7 Å². The Kier molecular flexibility index (Phi) is 6.96. The van der Waals surface area contributed by atoms with Crippen molar-refractivity contribution in [2.24, 2.45) is 5.92 Å². The first kappa shape index (κ1) is 21.9. The maximum atomic E-state index is 13.5. The Labute approximate surface area is 175 Å². The third-order valence-corrected chi connectivity index (χ3v) is 4.21. The van der Waals surface area contributed by atoms with Gasteiger partial charge in [-0.25, -0.2) is 13.2 Å². The molecule has 0 heterocycles. The van der Waals surface area contributed by atoms with Crippen molar-refractivity contribution in [3.8, 4) is 34.5 Å². The van der Waals surface area contributed by atoms with E-state index in [0.29, 0.717) is 0 Å². The fraction of sp³-hybridized carbons (Fsp3) is 0.182. The van der Waals surface area contributed by atoms with E-state index < -0.39 is 40.6 Å². The number of hydrogen-bond donors (Lipinski definition) is 3. The molecule has 9 heteroatoms. The van der Waals surface area contributed by atoms with E-state index in [-0.39, 0.29) is 37.1 Å². The van der Waals surface area contributed by atoms with Crippen molar-refractivity contribution in [2.45, 2.75) is 0 Å². The predicted molar refractivity (Wildman–Crippen MR) is 104 cm³/mol. The molecule has 0 spiro atoms. The minimum absolute atomic E-state index is 0.00858. The second-order valence-electron chi connectivity index (χ2n) is 6.64. The number of phenols is 3. The van der Waals surface area contributed by atoms with E-state index in [0.717, 1.165) is 36.4 Å². The topological polar surface area (TPSA) is 88.4 Å². The van der Waals surface area contributed by atoms with Gasteiger partial charge in [-0.15, -0.1) is 0 Å². The van der Waals surface area contributed by atoms with E-state index >= 15 is 0 Å². The van der Waals surface area contributed by atoms with Crippen molar-refractivity contribution in [1.29, 1.82) is 0 Å². The summed E-state index contributed by atoms with van der Waals surface area (Å²) in [4.78, 5) is 0. The molecule has 0 amide bonds. The number of aromatic hydroxyl groups is 3. The molecule has 0 atom stereocenters. The van der Waals surface area contributed by atoms with Gasteiger partial charge in [-0.05, 0) is 36.4 Å². The van der Waals surface area contributed by atoms with Crippen LogP contribution in [0.3, 0.4) is 0 Å². The molecule has 0 aliphatic heterocycles. The quantitative estimate of drug-likeness (QED) is 0.462. The molecule has 0 fully saturated rings. The summed E-state index contributed by atoms with van der Waals surface area (Å²) in [5.74, 6) is -4.07. The summed E-state index contributed by atoms with van der Waals surface area (Å²) in [6.07, 6.45) is 0. The highest BCUT2D eigenvalue weighted by atomic mass is 19.1. The molecule has 0 unspecified atom stereocenters. The number of phenolic OH excluding ortho intramolecular Hbond substituents is 3. The van der Waals surface area contributed by atoms with E-state index in [9.17, 15) is 28.5 Å². The highest BCUT2D eigenvalue weighted by Crippen LogP contribution is 2.25. The third-order valence-electron chi connectivity index (χ3n) is 4.21. The Hall–Kier alpha value is -3.75. The van der Waals surface area contributed by atoms with Crippen molar-refractivity contribution in [3.63, 3.8) is 0 Å². The average molecular weight is 436 g/mol. The van der Waals surface area contributed by atoms with Crippen LogP contribution in [0.2, 0.25) is 0 Å². The molecule has 0 saturated carbocycles. The summed E-state index contributed by atoms with van der Waals surface area (Å²) < 4.78 is 57.1. The zero-order valence-electron chi connectivity index (χ0n) is 16.1. The van der Waals surface area contributed by atoms with Gasteiger partial charge in [-0.3, -0.25) is 0 Å². The first-order valence-electron chi connectivity index (χ1n) is 9.16. The number of benzene rings is 3. The lowest BCUT2D eigenvalue weighted by Crippen LogP contribution is -2.26. The van der Waals surface area contributed by atoms with Gasteiger partial charge in [0, 0.05) is 18.2 Å². The van der Waals surface area contributed by atoms with Gasteiger partial charge in [0.05, 0.1) is 25.7 Å². The number of ether oxygens (including phenoxy) is 3. The van der Waals surface area contributed by atoms with Gasteiger partial charge in [-0.1, -0.05) is 0 Å². The van der Waals surface area contributed by atoms with Gasteiger partial charge in [0.1, 0.15) is 17.2 Å². The average Bonchev–Trinajstić information content (AvgIpc) is 2.74. The van der Waals surface area contributed by atoms with Crippen LogP contribution in [0.15, 0.2) is 54.6 Å². The van der Waals surface area contributed by atoms with E-state index in [1.54, 1.807) is 0 Å². The lowest BCUT2D eigenvalue weighted by molar-refractivity contribution is 0.125. The van der Waals surface area contributed by atoms with Crippen molar-refractivity contribution in [3.05, 3.63) is 72.0 Å². The lowest BCUT2D eigenvalue weighted by atomic mass is 10.2. The summed E-state index contributed by atoms with van der Waals surface area (Å²) in [6, 6.07) is 10.6. The second kappa shape index (κ2) is 9.84. The van der Waals surface area contributed by atoms with Crippen LogP contribution < -0.4 is 14.2 Å². The van der Waals surface area contributed by atoms with Crippen LogP contribution in [0.25, 0.3) is 0 Å². The Bertz CT molecular complexity index is 912. The number of hydrogen-bond acceptors (Lipinski definition) is 6. The molecular weight excluding hydrogens is 417 g/mol. The Morgan fingerprint density at radius 1 is 0.548 bits per heavy atom. The maximum absolute atomic E-state index is 13.5. The smallest absolute Gasteiger partial charge is 0.168 e. The fourth-order valence-corrected chi connectivity index (χ4v) is 2.52. The van der Waals surface area contributed by atoms with E-state index in [1.807, 2.05) is 0 Å². The molecule has 31 heavy (non-hydrogen) atoms. The molecule has 3 rings (SSSR count). The summed E-state index contributed by atoms with van der Waals surface area (Å²) >= 11 is 0. The Balaban J connectivity index is 1.66. The number of halogens is 3. The first-order chi connectivity index (χ1) is 14.8. The van der Waals surface area contributed by atoms with E-state index in [2.05, 4.69) is 0 Å². The van der Waals surface area contributed by atoms with Crippen molar-refractivity contribution in [1.82, 2.24) is 0 Å². The van der Waals surface area contributed by atoms with Gasteiger partial charge >= 0.3 is 0 Å². The Morgan fingerprint density at radius 3 is 1.10 bits per heavy atom. The molecule has 0 bridgehead atoms. The number of rotatable bonds is 9. The summed E-state index contributed by atoms with van der Waals surface area (Å²) in [7, 11) is 0. The van der Waals surface area contributed by atoms with Crippen molar-refractivity contribution in [2.75, 3.05) is 19.8 Å². The van der Waals surface area contributed by atoms with Gasteiger partial charge in [0.15, 0.2) is 34.7 Å². The zero-order chi connectivity index (χ0) is 22.4. The molecule has 0 saturated heterocycles. The van der Waals surface area contributed by atoms with Gasteiger partial charge in [0.2, 0.25) is 0 Å². The summed E-state index contributed by atoms with van der Waals surface area (Å²) in [5, 5.41) is 27.8. The van der Waals surface area contributed by atoms with Gasteiger partial charge < -0.3 is 29.5 Å². The summed E-state index contributed by atoms with van der Waals surface area (Å²) in [5.41, 5.74) is 0. The van der Waals surface area contributed by atoms with Gasteiger partial charge in [-0.2, -0.15) is 0 Å². The van der Waals surface area contributed by atoms with E-state index in [4.69, 9.17) is 14.2 Å². The minimum atomic E-state index is -0.847. The normalized spacial score (nSPS) is 10.8. The predicted octanol–water partition coefficient (Wildman–Crippen LogP) is 4.37. The molecule has 3 aromatic rings. The lowest BCUT2D eigenvalue weighted by Gasteiger charge is -2.19.